The average molecular weight is 626 g/mol. The minimum absolute atomic E-state index is 0.118. The molecule has 0 radical (unpaired) electrons. The minimum Gasteiger partial charge on any atom is -0.491 e. The summed E-state index contributed by atoms with van der Waals surface area (Å²) in [4.78, 5) is 18.2. The van der Waals surface area contributed by atoms with E-state index in [0.717, 1.165) is 65.0 Å². The van der Waals surface area contributed by atoms with Crippen LogP contribution in [0, 0.1) is 6.92 Å². The highest BCUT2D eigenvalue weighted by Gasteiger charge is 2.40. The third-order valence-electron chi connectivity index (χ3n) is 8.24. The Morgan fingerprint density at radius 3 is 2.51 bits per heavy atom. The first-order valence-corrected chi connectivity index (χ1v) is 16.6. The summed E-state index contributed by atoms with van der Waals surface area (Å²) in [5.41, 5.74) is 6.73. The van der Waals surface area contributed by atoms with E-state index in [0.29, 0.717) is 5.56 Å². The molecule has 45 heavy (non-hydrogen) atoms. The molecule has 0 bridgehead atoms. The number of imidazole rings is 1. The van der Waals surface area contributed by atoms with Gasteiger partial charge in [-0.15, -0.1) is 0 Å². The second-order valence-electron chi connectivity index (χ2n) is 11.7. The molecule has 2 heterocycles. The van der Waals surface area contributed by atoms with E-state index in [9.17, 15) is 13.2 Å². The molecule has 0 saturated heterocycles. The summed E-state index contributed by atoms with van der Waals surface area (Å²) in [6.07, 6.45) is 9.21. The van der Waals surface area contributed by atoms with E-state index in [4.69, 9.17) is 9.47 Å². The molecule has 3 aromatic carbocycles. The molecule has 5 aromatic rings. The first kappa shape index (κ1) is 30.1. The van der Waals surface area contributed by atoms with Crippen LogP contribution in [-0.2, 0) is 21.9 Å². The number of anilines is 1. The minimum atomic E-state index is -3.61. The van der Waals surface area contributed by atoms with Crippen LogP contribution in [0.4, 0.5) is 5.69 Å². The van der Waals surface area contributed by atoms with E-state index in [2.05, 4.69) is 28.7 Å². The number of nitrogens with one attached hydrogen (secondary N) is 1. The fourth-order valence-electron chi connectivity index (χ4n) is 5.48. The number of benzene rings is 3. The van der Waals surface area contributed by atoms with Crippen molar-refractivity contribution in [2.45, 2.75) is 45.4 Å². The lowest BCUT2D eigenvalue weighted by atomic mass is 9.97. The van der Waals surface area contributed by atoms with Gasteiger partial charge in [-0.05, 0) is 79.1 Å². The second kappa shape index (κ2) is 11.6. The molecule has 1 saturated carbocycles. The fraction of sp³-hybridized carbons (Fsp3) is 0.265. The SMILES string of the molecule is CCc1c(-c2cn(-c3cc(C(=O)Oc4cc(C5(C)CC5)cc(NS(C)(=O)=O)c4OC)ccc3C)cn2)cnn1-c1ccccc1. The van der Waals surface area contributed by atoms with Gasteiger partial charge in [-0.1, -0.05) is 38.1 Å². The van der Waals surface area contributed by atoms with Crippen molar-refractivity contribution < 1.29 is 22.7 Å². The summed E-state index contributed by atoms with van der Waals surface area (Å²) in [5.74, 6) is -0.319. The van der Waals surface area contributed by atoms with Gasteiger partial charge < -0.3 is 14.0 Å². The number of hydrogen-bond acceptors (Lipinski definition) is 7. The lowest BCUT2D eigenvalue weighted by molar-refractivity contribution is 0.0729. The van der Waals surface area contributed by atoms with Gasteiger partial charge in [-0.3, -0.25) is 4.72 Å². The highest BCUT2D eigenvalue weighted by Crippen LogP contribution is 2.51. The summed E-state index contributed by atoms with van der Waals surface area (Å²) >= 11 is 0. The molecule has 0 spiro atoms. The molecular weight excluding hydrogens is 590 g/mol. The lowest BCUT2D eigenvalue weighted by Crippen LogP contribution is -2.15. The number of carbonyl (C=O) groups excluding carboxylic acids is 1. The van der Waals surface area contributed by atoms with Crippen LogP contribution in [0.5, 0.6) is 11.5 Å². The molecule has 2 aromatic heterocycles. The monoisotopic (exact) mass is 625 g/mol. The Bertz CT molecular complexity index is 2010. The third kappa shape index (κ3) is 6.08. The second-order valence-corrected chi connectivity index (χ2v) is 13.4. The first-order valence-electron chi connectivity index (χ1n) is 14.7. The van der Waals surface area contributed by atoms with Gasteiger partial charge in [0.1, 0.15) is 0 Å². The van der Waals surface area contributed by atoms with E-state index in [-0.39, 0.29) is 22.6 Å². The number of carbonyl (C=O) groups is 1. The van der Waals surface area contributed by atoms with Crippen molar-refractivity contribution in [3.63, 3.8) is 0 Å². The van der Waals surface area contributed by atoms with Crippen LogP contribution in [0.25, 0.3) is 22.6 Å². The number of ether oxygens (including phenoxy) is 2. The highest BCUT2D eigenvalue weighted by molar-refractivity contribution is 7.92. The van der Waals surface area contributed by atoms with Crippen LogP contribution in [0.1, 0.15) is 53.9 Å². The molecule has 1 N–H and O–H groups in total. The summed E-state index contributed by atoms with van der Waals surface area (Å²) in [6, 6.07) is 18.8. The van der Waals surface area contributed by atoms with E-state index in [1.807, 2.05) is 65.0 Å². The molecule has 1 aliphatic rings. The number of methoxy groups -OCH3 is 1. The average Bonchev–Trinajstić information content (AvgIpc) is 3.38. The Labute approximate surface area is 262 Å². The van der Waals surface area contributed by atoms with Gasteiger partial charge in [-0.25, -0.2) is 22.9 Å². The van der Waals surface area contributed by atoms with Gasteiger partial charge in [0.05, 0.1) is 59.9 Å². The predicted molar refractivity (Wildman–Crippen MR) is 173 cm³/mol. The van der Waals surface area contributed by atoms with E-state index < -0.39 is 16.0 Å². The summed E-state index contributed by atoms with van der Waals surface area (Å²) in [5, 5.41) is 4.63. The van der Waals surface area contributed by atoms with Gasteiger partial charge in [0.2, 0.25) is 10.0 Å². The topological polar surface area (TPSA) is 117 Å². The zero-order chi connectivity index (χ0) is 31.9. The van der Waals surface area contributed by atoms with Crippen molar-refractivity contribution >= 4 is 21.7 Å². The molecule has 6 rings (SSSR count). The number of aryl methyl sites for hydroxylation is 1. The first-order chi connectivity index (χ1) is 21.5. The molecule has 11 heteroatoms. The van der Waals surface area contributed by atoms with E-state index >= 15 is 0 Å². The lowest BCUT2D eigenvalue weighted by Gasteiger charge is -2.19. The van der Waals surface area contributed by atoms with Gasteiger partial charge in [0.15, 0.2) is 11.5 Å². The molecule has 1 fully saturated rings. The zero-order valence-electron chi connectivity index (χ0n) is 25.9. The Balaban J connectivity index is 1.31. The van der Waals surface area contributed by atoms with Crippen molar-refractivity contribution in [3.8, 4) is 34.1 Å². The number of sulfonamides is 1. The quantitative estimate of drug-likeness (QED) is 0.144. The molecule has 1 aliphatic carbocycles. The van der Waals surface area contributed by atoms with Gasteiger partial charge in [-0.2, -0.15) is 5.10 Å². The van der Waals surface area contributed by atoms with Crippen molar-refractivity contribution in [2.75, 3.05) is 18.1 Å². The molecular formula is C34H35N5O5S. The molecule has 0 atom stereocenters. The van der Waals surface area contributed by atoms with Crippen LogP contribution < -0.4 is 14.2 Å². The summed E-state index contributed by atoms with van der Waals surface area (Å²) in [7, 11) is -2.20. The Morgan fingerprint density at radius 1 is 1.09 bits per heavy atom. The van der Waals surface area contributed by atoms with Gasteiger partial charge in [0.25, 0.3) is 0 Å². The van der Waals surface area contributed by atoms with Crippen LogP contribution in [-0.4, -0.2) is 47.1 Å². The number of nitrogens with zero attached hydrogens (tertiary/aromatic N) is 4. The Morgan fingerprint density at radius 2 is 1.84 bits per heavy atom. The third-order valence-corrected chi connectivity index (χ3v) is 8.83. The van der Waals surface area contributed by atoms with E-state index in [1.165, 1.54) is 7.11 Å². The number of para-hydroxylation sites is 1. The van der Waals surface area contributed by atoms with Crippen molar-refractivity contribution in [2.24, 2.45) is 0 Å². The maximum atomic E-state index is 13.5. The Kier molecular flexibility index (Phi) is 7.74. The maximum absolute atomic E-state index is 13.5. The number of hydrogen-bond donors (Lipinski definition) is 1. The molecule has 10 nitrogen and oxygen atoms in total. The predicted octanol–water partition coefficient (Wildman–Crippen LogP) is 6.25. The normalized spacial score (nSPS) is 13.8. The number of esters is 1. The smallest absolute Gasteiger partial charge is 0.343 e. The van der Waals surface area contributed by atoms with Gasteiger partial charge in [0, 0.05) is 11.8 Å². The molecule has 232 valence electrons. The summed E-state index contributed by atoms with van der Waals surface area (Å²) in [6.45, 7) is 6.14. The van der Waals surface area contributed by atoms with Gasteiger partial charge >= 0.3 is 5.97 Å². The maximum Gasteiger partial charge on any atom is 0.343 e. The van der Waals surface area contributed by atoms with Crippen molar-refractivity contribution in [3.05, 3.63) is 102 Å². The van der Waals surface area contributed by atoms with Crippen LogP contribution in [0.3, 0.4) is 0 Å². The van der Waals surface area contributed by atoms with Crippen LogP contribution in [0.15, 0.2) is 79.4 Å². The zero-order valence-corrected chi connectivity index (χ0v) is 26.7. The van der Waals surface area contributed by atoms with Crippen molar-refractivity contribution in [1.82, 2.24) is 19.3 Å². The van der Waals surface area contributed by atoms with E-state index in [1.54, 1.807) is 30.6 Å². The number of aromatic nitrogens is 4. The fourth-order valence-corrected chi connectivity index (χ4v) is 6.03. The van der Waals surface area contributed by atoms with Crippen LogP contribution >= 0.6 is 0 Å². The molecule has 0 amide bonds. The highest BCUT2D eigenvalue weighted by atomic mass is 32.2. The summed E-state index contributed by atoms with van der Waals surface area (Å²) < 4.78 is 42.0. The largest absolute Gasteiger partial charge is 0.491 e. The molecule has 0 unspecified atom stereocenters. The standard InChI is InChI=1S/C34H35N5O5S/c1-6-29-26(19-36-39(29)25-10-8-7-9-11-25)28-20-38(21-35-28)30-16-23(13-12-22(30)2)33(40)44-31-18-24(34(3)14-15-34)17-27(32(31)43-4)37-45(5,41)42/h7-13,16-21,37H,6,14-15H2,1-5H3. The van der Waals surface area contributed by atoms with Crippen molar-refractivity contribution in [1.29, 1.82) is 0 Å². The Hall–Kier alpha value is -4.90. The number of rotatable bonds is 10. The molecule has 0 aliphatic heterocycles. The van der Waals surface area contributed by atoms with Crippen LogP contribution in [0.2, 0.25) is 0 Å².